The van der Waals surface area contributed by atoms with Crippen LogP contribution in [0.1, 0.15) is 51.9 Å². The summed E-state index contributed by atoms with van der Waals surface area (Å²) in [6.07, 6.45) is 7.25. The summed E-state index contributed by atoms with van der Waals surface area (Å²) in [5.74, 6) is -4.31. The molecule has 0 amide bonds. The topological polar surface area (TPSA) is 112 Å². The van der Waals surface area contributed by atoms with Crippen LogP contribution in [-0.4, -0.2) is 33.2 Å². The zero-order valence-corrected chi connectivity index (χ0v) is 10.0. The summed E-state index contributed by atoms with van der Waals surface area (Å²) in [6, 6.07) is 0. The molecule has 0 atom stereocenters. The van der Waals surface area contributed by atoms with Crippen molar-refractivity contribution in [2.24, 2.45) is 0 Å². The molecule has 0 aromatic rings. The highest BCUT2D eigenvalue weighted by Crippen LogP contribution is 2.06. The van der Waals surface area contributed by atoms with Gasteiger partial charge in [-0.15, -0.1) is 0 Å². The van der Waals surface area contributed by atoms with Crippen molar-refractivity contribution in [2.45, 2.75) is 51.9 Å². The lowest BCUT2D eigenvalue weighted by molar-refractivity contribution is -0.159. The number of aliphatic carboxylic acids is 3. The average molecular weight is 248 g/mol. The minimum Gasteiger partial charge on any atom is -0.481 e. The van der Waals surface area contributed by atoms with Gasteiger partial charge in [-0.1, -0.05) is 39.0 Å². The number of hydrogen-bond donors (Lipinski definition) is 3. The van der Waals surface area contributed by atoms with Crippen molar-refractivity contribution < 1.29 is 29.7 Å². The SMILES string of the molecule is CCCCCCCCC(=O)O.O=C(O)C(=O)O. The number of rotatable bonds is 7. The third-order valence-electron chi connectivity index (χ3n) is 1.93. The van der Waals surface area contributed by atoms with E-state index in [4.69, 9.17) is 24.9 Å². The largest absolute Gasteiger partial charge is 0.481 e. The van der Waals surface area contributed by atoms with Crippen LogP contribution in [0.5, 0.6) is 0 Å². The number of unbranched alkanes of at least 4 members (excludes halogenated alkanes) is 5. The Hall–Kier alpha value is -1.59. The molecule has 0 spiro atoms. The molecule has 0 heterocycles. The van der Waals surface area contributed by atoms with Gasteiger partial charge in [0.25, 0.3) is 0 Å². The maximum Gasteiger partial charge on any atom is 0.414 e. The van der Waals surface area contributed by atoms with E-state index in [0.29, 0.717) is 6.42 Å². The maximum absolute atomic E-state index is 10.1. The highest BCUT2D eigenvalue weighted by molar-refractivity contribution is 6.27. The van der Waals surface area contributed by atoms with Crippen molar-refractivity contribution >= 4 is 17.9 Å². The standard InChI is InChI=1S/C9H18O2.C2H2O4/c1-2-3-4-5-6-7-8-9(10)11;3-1(4)2(5)6/h2-8H2,1H3,(H,10,11);(H,3,4)(H,5,6). The second-order valence-corrected chi connectivity index (χ2v) is 3.52. The van der Waals surface area contributed by atoms with Crippen LogP contribution in [0.2, 0.25) is 0 Å². The zero-order valence-electron chi connectivity index (χ0n) is 10.0. The van der Waals surface area contributed by atoms with E-state index in [9.17, 15) is 4.79 Å². The van der Waals surface area contributed by atoms with E-state index in [-0.39, 0.29) is 0 Å². The van der Waals surface area contributed by atoms with Crippen LogP contribution >= 0.6 is 0 Å². The summed E-state index contributed by atoms with van der Waals surface area (Å²) in [4.78, 5) is 28.3. The molecule has 0 bridgehead atoms. The fourth-order valence-electron chi connectivity index (χ4n) is 1.06. The van der Waals surface area contributed by atoms with Gasteiger partial charge >= 0.3 is 17.9 Å². The molecule has 3 N–H and O–H groups in total. The minimum absolute atomic E-state index is 0.339. The minimum atomic E-state index is -1.82. The first-order valence-corrected chi connectivity index (χ1v) is 5.59. The molecule has 100 valence electrons. The summed E-state index contributed by atoms with van der Waals surface area (Å²) >= 11 is 0. The van der Waals surface area contributed by atoms with E-state index in [1.165, 1.54) is 25.7 Å². The molecule has 0 aliphatic rings. The molecular weight excluding hydrogens is 228 g/mol. The first-order chi connectivity index (χ1) is 7.91. The van der Waals surface area contributed by atoms with E-state index in [2.05, 4.69) is 6.92 Å². The van der Waals surface area contributed by atoms with Gasteiger partial charge in [0.05, 0.1) is 0 Å². The van der Waals surface area contributed by atoms with Crippen LogP contribution in [0, 0.1) is 0 Å². The van der Waals surface area contributed by atoms with Gasteiger partial charge in [-0.2, -0.15) is 0 Å². The Morgan fingerprint density at radius 3 is 1.53 bits per heavy atom. The van der Waals surface area contributed by atoms with Gasteiger partial charge in [-0.3, -0.25) is 4.79 Å². The molecule has 0 fully saturated rings. The summed E-state index contributed by atoms with van der Waals surface area (Å²) in [5.41, 5.74) is 0. The van der Waals surface area contributed by atoms with Crippen molar-refractivity contribution in [1.29, 1.82) is 0 Å². The normalized spacial score (nSPS) is 9.00. The van der Waals surface area contributed by atoms with Crippen molar-refractivity contribution in [3.63, 3.8) is 0 Å². The molecule has 0 aromatic carbocycles. The van der Waals surface area contributed by atoms with Crippen molar-refractivity contribution in [3.8, 4) is 0 Å². The third-order valence-corrected chi connectivity index (χ3v) is 1.93. The number of carboxylic acids is 3. The van der Waals surface area contributed by atoms with E-state index in [1.807, 2.05) is 0 Å². The average Bonchev–Trinajstić information content (AvgIpc) is 2.23. The Kier molecular flexibility index (Phi) is 13.1. The number of carboxylic acid groups (broad SMARTS) is 3. The summed E-state index contributed by atoms with van der Waals surface area (Å²) in [6.45, 7) is 2.18. The highest BCUT2D eigenvalue weighted by Gasteiger charge is 2.04. The van der Waals surface area contributed by atoms with Crippen LogP contribution in [0.15, 0.2) is 0 Å². The van der Waals surface area contributed by atoms with Gasteiger partial charge in [0.1, 0.15) is 0 Å². The van der Waals surface area contributed by atoms with Gasteiger partial charge in [-0.25, -0.2) is 9.59 Å². The summed E-state index contributed by atoms with van der Waals surface area (Å²) in [5, 5.41) is 23.1. The number of carbonyl (C=O) groups is 3. The predicted octanol–water partition coefficient (Wildman–Crippen LogP) is 1.98. The molecule has 17 heavy (non-hydrogen) atoms. The second-order valence-electron chi connectivity index (χ2n) is 3.52. The summed E-state index contributed by atoms with van der Waals surface area (Å²) < 4.78 is 0. The molecule has 6 nitrogen and oxygen atoms in total. The van der Waals surface area contributed by atoms with Gasteiger partial charge in [0, 0.05) is 6.42 Å². The van der Waals surface area contributed by atoms with E-state index < -0.39 is 17.9 Å². The third kappa shape index (κ3) is 20.5. The van der Waals surface area contributed by atoms with Crippen LogP contribution in [0.3, 0.4) is 0 Å². The highest BCUT2D eigenvalue weighted by atomic mass is 16.4. The van der Waals surface area contributed by atoms with Crippen LogP contribution in [0.25, 0.3) is 0 Å². The number of hydrogen-bond acceptors (Lipinski definition) is 3. The lowest BCUT2D eigenvalue weighted by Crippen LogP contribution is -2.09. The van der Waals surface area contributed by atoms with Gasteiger partial charge in [0.2, 0.25) is 0 Å². The Morgan fingerprint density at radius 1 is 0.765 bits per heavy atom. The monoisotopic (exact) mass is 248 g/mol. The molecule has 0 unspecified atom stereocenters. The molecule has 0 aliphatic carbocycles. The van der Waals surface area contributed by atoms with E-state index in [0.717, 1.165) is 12.8 Å². The van der Waals surface area contributed by atoms with Crippen molar-refractivity contribution in [3.05, 3.63) is 0 Å². The quantitative estimate of drug-likeness (QED) is 0.469. The smallest absolute Gasteiger partial charge is 0.414 e. The second kappa shape index (κ2) is 12.5. The predicted molar refractivity (Wildman–Crippen MR) is 60.9 cm³/mol. The molecule has 0 aromatic heterocycles. The fourth-order valence-corrected chi connectivity index (χ4v) is 1.06. The first kappa shape index (κ1) is 17.8. The Bertz CT molecular complexity index is 224. The molecule has 6 heteroatoms. The van der Waals surface area contributed by atoms with Crippen molar-refractivity contribution in [2.75, 3.05) is 0 Å². The lowest BCUT2D eigenvalue weighted by atomic mass is 10.1. The van der Waals surface area contributed by atoms with Crippen LogP contribution in [0.4, 0.5) is 0 Å². The molecule has 0 saturated carbocycles. The molecule has 0 radical (unpaired) electrons. The van der Waals surface area contributed by atoms with Gasteiger partial charge in [0.15, 0.2) is 0 Å². The first-order valence-electron chi connectivity index (χ1n) is 5.59. The van der Waals surface area contributed by atoms with Crippen molar-refractivity contribution in [1.82, 2.24) is 0 Å². The fraction of sp³-hybridized carbons (Fsp3) is 0.727. The molecule has 0 saturated heterocycles. The van der Waals surface area contributed by atoms with E-state index in [1.54, 1.807) is 0 Å². The van der Waals surface area contributed by atoms with Crippen LogP contribution in [-0.2, 0) is 14.4 Å². The Labute approximate surface area is 100 Å². The molecular formula is C11H20O6. The lowest BCUT2D eigenvalue weighted by Gasteiger charge is -1.97. The Morgan fingerprint density at radius 2 is 1.18 bits per heavy atom. The molecule has 0 aliphatic heterocycles. The van der Waals surface area contributed by atoms with Gasteiger partial charge in [-0.05, 0) is 6.42 Å². The maximum atomic E-state index is 10.1. The summed E-state index contributed by atoms with van der Waals surface area (Å²) in [7, 11) is 0. The Balaban J connectivity index is 0. The van der Waals surface area contributed by atoms with Gasteiger partial charge < -0.3 is 15.3 Å². The zero-order chi connectivity index (χ0) is 13.7. The molecule has 0 rings (SSSR count). The van der Waals surface area contributed by atoms with E-state index >= 15 is 0 Å². The van der Waals surface area contributed by atoms with Crippen LogP contribution < -0.4 is 0 Å².